The Morgan fingerprint density at radius 3 is 2.30 bits per heavy atom. The van der Waals surface area contributed by atoms with Crippen LogP contribution in [0.5, 0.6) is 5.75 Å². The summed E-state index contributed by atoms with van der Waals surface area (Å²) in [6.45, 7) is 6.37. The maximum atomic E-state index is 6.65. The summed E-state index contributed by atoms with van der Waals surface area (Å²) in [5.74, 6) is 1.83. The van der Waals surface area contributed by atoms with Crippen LogP contribution < -0.4 is 10.5 Å². The van der Waals surface area contributed by atoms with Gasteiger partial charge in [0.25, 0.3) is 0 Å². The zero-order valence-electron chi connectivity index (χ0n) is 13.2. The minimum absolute atomic E-state index is 0.124. The summed E-state index contributed by atoms with van der Waals surface area (Å²) in [5.41, 5.74) is 7.79. The molecule has 0 spiro atoms. The highest BCUT2D eigenvalue weighted by Gasteiger charge is 2.32. The lowest BCUT2D eigenvalue weighted by Gasteiger charge is -2.37. The average Bonchev–Trinajstić information content (AvgIpc) is 2.42. The molecule has 2 nitrogen and oxygen atoms in total. The minimum atomic E-state index is -0.124. The van der Waals surface area contributed by atoms with E-state index in [2.05, 4.69) is 31.2 Å². The molecule has 20 heavy (non-hydrogen) atoms. The fraction of sp³-hybridized carbons (Fsp3) is 0.667. The SMILES string of the molecule is CCCC1CCC(N)(c2ccc(OC(C)C)cc2)CC1. The van der Waals surface area contributed by atoms with Gasteiger partial charge in [-0.1, -0.05) is 31.9 Å². The molecule has 2 heteroatoms. The molecule has 1 saturated carbocycles. The highest BCUT2D eigenvalue weighted by molar-refractivity contribution is 5.32. The molecule has 0 unspecified atom stereocenters. The number of rotatable bonds is 5. The Hall–Kier alpha value is -1.02. The minimum Gasteiger partial charge on any atom is -0.491 e. The van der Waals surface area contributed by atoms with Crippen LogP contribution in [-0.4, -0.2) is 6.10 Å². The van der Waals surface area contributed by atoms with Crippen LogP contribution in [0.3, 0.4) is 0 Å². The van der Waals surface area contributed by atoms with Crippen molar-refractivity contribution in [3.05, 3.63) is 29.8 Å². The van der Waals surface area contributed by atoms with Crippen LogP contribution in [0.1, 0.15) is 64.9 Å². The van der Waals surface area contributed by atoms with Gasteiger partial charge in [0.15, 0.2) is 0 Å². The molecule has 1 aromatic carbocycles. The van der Waals surface area contributed by atoms with Gasteiger partial charge in [0.1, 0.15) is 5.75 Å². The quantitative estimate of drug-likeness (QED) is 0.851. The van der Waals surface area contributed by atoms with Gasteiger partial charge in [0, 0.05) is 5.54 Å². The molecular formula is C18H29NO. The fourth-order valence-electron chi connectivity index (χ4n) is 3.32. The van der Waals surface area contributed by atoms with E-state index in [1.165, 1.54) is 31.2 Å². The Kier molecular flexibility index (Phi) is 5.09. The van der Waals surface area contributed by atoms with Crippen molar-refractivity contribution in [3.8, 4) is 5.75 Å². The summed E-state index contributed by atoms with van der Waals surface area (Å²) in [7, 11) is 0. The summed E-state index contributed by atoms with van der Waals surface area (Å²) in [6, 6.07) is 8.42. The lowest BCUT2D eigenvalue weighted by molar-refractivity contribution is 0.225. The number of ether oxygens (including phenoxy) is 1. The topological polar surface area (TPSA) is 35.2 Å². The largest absolute Gasteiger partial charge is 0.491 e. The van der Waals surface area contributed by atoms with Crippen molar-refractivity contribution in [2.75, 3.05) is 0 Å². The van der Waals surface area contributed by atoms with E-state index in [-0.39, 0.29) is 11.6 Å². The number of benzene rings is 1. The monoisotopic (exact) mass is 275 g/mol. The molecule has 0 amide bonds. The van der Waals surface area contributed by atoms with Gasteiger partial charge in [-0.2, -0.15) is 0 Å². The third kappa shape index (κ3) is 3.76. The Balaban J connectivity index is 2.00. The van der Waals surface area contributed by atoms with E-state index in [1.54, 1.807) is 0 Å². The van der Waals surface area contributed by atoms with Gasteiger partial charge >= 0.3 is 0 Å². The van der Waals surface area contributed by atoms with E-state index in [0.29, 0.717) is 0 Å². The van der Waals surface area contributed by atoms with Crippen molar-refractivity contribution in [1.82, 2.24) is 0 Å². The van der Waals surface area contributed by atoms with Gasteiger partial charge in [-0.15, -0.1) is 0 Å². The van der Waals surface area contributed by atoms with Crippen molar-refractivity contribution in [2.45, 2.75) is 70.9 Å². The Morgan fingerprint density at radius 1 is 1.20 bits per heavy atom. The number of hydrogen-bond donors (Lipinski definition) is 1. The molecule has 112 valence electrons. The first-order valence-corrected chi connectivity index (χ1v) is 8.09. The molecule has 1 aliphatic rings. The maximum absolute atomic E-state index is 6.65. The van der Waals surface area contributed by atoms with Crippen molar-refractivity contribution >= 4 is 0 Å². The molecule has 2 N–H and O–H groups in total. The molecule has 1 aliphatic carbocycles. The van der Waals surface area contributed by atoms with E-state index >= 15 is 0 Å². The molecule has 0 atom stereocenters. The molecule has 1 fully saturated rings. The second-order valence-corrected chi connectivity index (χ2v) is 6.58. The molecule has 0 aromatic heterocycles. The van der Waals surface area contributed by atoms with Gasteiger partial charge in [0.2, 0.25) is 0 Å². The van der Waals surface area contributed by atoms with Crippen molar-refractivity contribution in [1.29, 1.82) is 0 Å². The van der Waals surface area contributed by atoms with Gasteiger partial charge < -0.3 is 10.5 Å². The Labute approximate surface area is 123 Å². The van der Waals surface area contributed by atoms with E-state index in [4.69, 9.17) is 10.5 Å². The smallest absolute Gasteiger partial charge is 0.119 e. The second-order valence-electron chi connectivity index (χ2n) is 6.58. The van der Waals surface area contributed by atoms with Crippen LogP contribution in [0.15, 0.2) is 24.3 Å². The number of nitrogens with two attached hydrogens (primary N) is 1. The highest BCUT2D eigenvalue weighted by Crippen LogP contribution is 2.39. The third-order valence-corrected chi connectivity index (χ3v) is 4.50. The van der Waals surface area contributed by atoms with E-state index < -0.39 is 0 Å². The summed E-state index contributed by atoms with van der Waals surface area (Å²) < 4.78 is 5.70. The third-order valence-electron chi connectivity index (χ3n) is 4.50. The van der Waals surface area contributed by atoms with Gasteiger partial charge in [-0.05, 0) is 63.1 Å². The first kappa shape index (κ1) is 15.4. The molecule has 0 heterocycles. The van der Waals surface area contributed by atoms with Crippen molar-refractivity contribution in [2.24, 2.45) is 11.7 Å². The predicted molar refractivity (Wildman–Crippen MR) is 84.9 cm³/mol. The highest BCUT2D eigenvalue weighted by atomic mass is 16.5. The lowest BCUT2D eigenvalue weighted by Crippen LogP contribution is -2.40. The Bertz CT molecular complexity index is 402. The first-order valence-electron chi connectivity index (χ1n) is 8.09. The zero-order chi connectivity index (χ0) is 14.6. The second kappa shape index (κ2) is 6.62. The van der Waals surface area contributed by atoms with Crippen LogP contribution in [0.4, 0.5) is 0 Å². The maximum Gasteiger partial charge on any atom is 0.119 e. The van der Waals surface area contributed by atoms with Crippen LogP contribution in [-0.2, 0) is 5.54 Å². The van der Waals surface area contributed by atoms with Gasteiger partial charge in [0.05, 0.1) is 6.10 Å². The van der Waals surface area contributed by atoms with Gasteiger partial charge in [-0.25, -0.2) is 0 Å². The molecule has 0 aliphatic heterocycles. The van der Waals surface area contributed by atoms with E-state index in [0.717, 1.165) is 24.5 Å². The van der Waals surface area contributed by atoms with Crippen LogP contribution in [0.2, 0.25) is 0 Å². The van der Waals surface area contributed by atoms with Crippen molar-refractivity contribution in [3.63, 3.8) is 0 Å². The molecule has 0 radical (unpaired) electrons. The number of hydrogen-bond acceptors (Lipinski definition) is 2. The van der Waals surface area contributed by atoms with E-state index in [9.17, 15) is 0 Å². The molecular weight excluding hydrogens is 246 g/mol. The molecule has 1 aromatic rings. The molecule has 0 bridgehead atoms. The summed E-state index contributed by atoms with van der Waals surface area (Å²) in [4.78, 5) is 0. The fourth-order valence-corrected chi connectivity index (χ4v) is 3.32. The van der Waals surface area contributed by atoms with E-state index in [1.807, 2.05) is 13.8 Å². The lowest BCUT2D eigenvalue weighted by atomic mass is 9.72. The van der Waals surface area contributed by atoms with Gasteiger partial charge in [-0.3, -0.25) is 0 Å². The zero-order valence-corrected chi connectivity index (χ0v) is 13.2. The average molecular weight is 275 g/mol. The summed E-state index contributed by atoms with van der Waals surface area (Å²) in [6.07, 6.45) is 7.64. The molecule has 2 rings (SSSR count). The standard InChI is InChI=1S/C18H29NO/c1-4-5-15-10-12-18(19,13-11-15)16-6-8-17(9-7-16)20-14(2)3/h6-9,14-15H,4-5,10-13,19H2,1-3H3. The summed E-state index contributed by atoms with van der Waals surface area (Å²) >= 11 is 0. The van der Waals surface area contributed by atoms with Crippen LogP contribution >= 0.6 is 0 Å². The van der Waals surface area contributed by atoms with Crippen LogP contribution in [0.25, 0.3) is 0 Å². The normalized spacial score (nSPS) is 26.8. The first-order chi connectivity index (χ1) is 9.53. The van der Waals surface area contributed by atoms with Crippen LogP contribution in [0, 0.1) is 5.92 Å². The van der Waals surface area contributed by atoms with Crippen molar-refractivity contribution < 1.29 is 4.74 Å². The Morgan fingerprint density at radius 2 is 1.80 bits per heavy atom. The summed E-state index contributed by atoms with van der Waals surface area (Å²) in [5, 5.41) is 0. The molecule has 0 saturated heterocycles. The predicted octanol–water partition coefficient (Wildman–Crippen LogP) is 4.62.